The van der Waals surface area contributed by atoms with Gasteiger partial charge in [0.05, 0.1) is 10.9 Å². The molecule has 0 heterocycles. The quantitative estimate of drug-likeness (QED) is 0.622. The van der Waals surface area contributed by atoms with Crippen molar-refractivity contribution in [2.45, 2.75) is 17.9 Å². The number of hydrogen-bond acceptors (Lipinski definition) is 3. The minimum atomic E-state index is -3.73. The first-order valence-electron chi connectivity index (χ1n) is 9.09. The van der Waals surface area contributed by atoms with Gasteiger partial charge in [-0.2, -0.15) is 0 Å². The van der Waals surface area contributed by atoms with Crippen molar-refractivity contribution in [2.75, 3.05) is 11.8 Å². The first kappa shape index (κ1) is 21.4. The number of rotatable bonds is 6. The number of carbonyl (C=O) groups excluding carboxylic acids is 1. The fourth-order valence-electron chi connectivity index (χ4n) is 2.87. The Balaban J connectivity index is 1.73. The first-order chi connectivity index (χ1) is 14.2. The van der Waals surface area contributed by atoms with Crippen molar-refractivity contribution >= 4 is 21.6 Å². The molecular weight excluding hydrogens is 410 g/mol. The van der Waals surface area contributed by atoms with E-state index in [2.05, 4.69) is 4.72 Å². The second kappa shape index (κ2) is 8.62. The number of benzene rings is 3. The van der Waals surface area contributed by atoms with E-state index in [1.165, 1.54) is 47.4 Å². The van der Waals surface area contributed by atoms with E-state index in [1.54, 1.807) is 32.2 Å². The van der Waals surface area contributed by atoms with E-state index in [0.717, 1.165) is 12.1 Å². The molecule has 1 atom stereocenters. The molecule has 0 saturated heterocycles. The molecule has 0 aliphatic rings. The molecule has 3 rings (SSSR count). The van der Waals surface area contributed by atoms with Gasteiger partial charge in [0.2, 0.25) is 0 Å². The minimum Gasteiger partial charge on any atom is -0.335 e. The lowest BCUT2D eigenvalue weighted by Crippen LogP contribution is -2.29. The predicted molar refractivity (Wildman–Crippen MR) is 111 cm³/mol. The van der Waals surface area contributed by atoms with E-state index in [9.17, 15) is 22.0 Å². The average Bonchev–Trinajstić information content (AvgIpc) is 2.75. The van der Waals surface area contributed by atoms with Crippen molar-refractivity contribution in [3.63, 3.8) is 0 Å². The SMILES string of the molecule is CC(c1ccc(F)c(F)c1)N(C)C(=O)c1ccc(NS(=O)(=O)c2ccccc2)cc1. The average molecular weight is 430 g/mol. The van der Waals surface area contributed by atoms with Crippen LogP contribution in [0.4, 0.5) is 14.5 Å². The highest BCUT2D eigenvalue weighted by Gasteiger charge is 2.20. The van der Waals surface area contributed by atoms with Gasteiger partial charge in [0.25, 0.3) is 15.9 Å². The molecule has 0 aliphatic carbocycles. The van der Waals surface area contributed by atoms with E-state index in [-0.39, 0.29) is 10.8 Å². The molecule has 3 aromatic carbocycles. The summed E-state index contributed by atoms with van der Waals surface area (Å²) >= 11 is 0. The van der Waals surface area contributed by atoms with Crippen LogP contribution in [0, 0.1) is 11.6 Å². The molecule has 0 spiro atoms. The van der Waals surface area contributed by atoms with Crippen LogP contribution in [-0.4, -0.2) is 26.3 Å². The Hall–Kier alpha value is -3.26. The summed E-state index contributed by atoms with van der Waals surface area (Å²) in [6.07, 6.45) is 0. The van der Waals surface area contributed by atoms with Gasteiger partial charge >= 0.3 is 0 Å². The summed E-state index contributed by atoms with van der Waals surface area (Å²) in [4.78, 5) is 14.3. The Morgan fingerprint density at radius 3 is 2.17 bits per heavy atom. The number of amides is 1. The van der Waals surface area contributed by atoms with Crippen LogP contribution in [0.25, 0.3) is 0 Å². The summed E-state index contributed by atoms with van der Waals surface area (Å²) in [6, 6.07) is 16.9. The van der Waals surface area contributed by atoms with Gasteiger partial charge in [-0.15, -0.1) is 0 Å². The second-order valence-electron chi connectivity index (χ2n) is 6.76. The van der Waals surface area contributed by atoms with E-state index in [4.69, 9.17) is 0 Å². The number of halogens is 2. The zero-order valence-corrected chi connectivity index (χ0v) is 17.2. The number of nitrogens with zero attached hydrogens (tertiary/aromatic N) is 1. The van der Waals surface area contributed by atoms with Crippen LogP contribution in [0.1, 0.15) is 28.9 Å². The third kappa shape index (κ3) is 4.65. The van der Waals surface area contributed by atoms with Crippen molar-refractivity contribution in [3.8, 4) is 0 Å². The van der Waals surface area contributed by atoms with Gasteiger partial charge in [-0.1, -0.05) is 24.3 Å². The third-order valence-corrected chi connectivity index (χ3v) is 6.16. The molecule has 0 saturated carbocycles. The van der Waals surface area contributed by atoms with Gasteiger partial charge < -0.3 is 4.90 Å². The van der Waals surface area contributed by atoms with E-state index in [0.29, 0.717) is 16.8 Å². The minimum absolute atomic E-state index is 0.130. The maximum Gasteiger partial charge on any atom is 0.261 e. The van der Waals surface area contributed by atoms with E-state index in [1.807, 2.05) is 0 Å². The van der Waals surface area contributed by atoms with Gasteiger partial charge in [0.15, 0.2) is 11.6 Å². The third-order valence-electron chi connectivity index (χ3n) is 4.76. The molecule has 5 nitrogen and oxygen atoms in total. The van der Waals surface area contributed by atoms with Crippen molar-refractivity contribution in [3.05, 3.63) is 95.6 Å². The van der Waals surface area contributed by atoms with Crippen LogP contribution in [0.15, 0.2) is 77.7 Å². The summed E-state index contributed by atoms with van der Waals surface area (Å²) in [5.74, 6) is -2.27. The molecule has 0 aromatic heterocycles. The molecule has 8 heteroatoms. The predicted octanol–water partition coefficient (Wildman–Crippen LogP) is 4.60. The van der Waals surface area contributed by atoms with Gasteiger partial charge in [-0.25, -0.2) is 17.2 Å². The molecule has 0 bridgehead atoms. The Kier molecular flexibility index (Phi) is 6.17. The fraction of sp³-hybridized carbons (Fsp3) is 0.136. The van der Waals surface area contributed by atoms with Gasteiger partial charge in [-0.3, -0.25) is 9.52 Å². The number of sulfonamides is 1. The molecule has 3 aromatic rings. The molecule has 1 N–H and O–H groups in total. The molecule has 0 radical (unpaired) electrons. The van der Waals surface area contributed by atoms with Gasteiger partial charge in [-0.05, 0) is 61.0 Å². The highest BCUT2D eigenvalue weighted by Crippen LogP contribution is 2.23. The monoisotopic (exact) mass is 430 g/mol. The summed E-state index contributed by atoms with van der Waals surface area (Å²) < 4.78 is 53.9. The van der Waals surface area contributed by atoms with Crippen LogP contribution in [0.5, 0.6) is 0 Å². The summed E-state index contributed by atoms with van der Waals surface area (Å²) in [6.45, 7) is 1.70. The topological polar surface area (TPSA) is 66.5 Å². The maximum atomic E-state index is 13.5. The summed E-state index contributed by atoms with van der Waals surface area (Å²) in [5, 5.41) is 0. The van der Waals surface area contributed by atoms with Crippen LogP contribution < -0.4 is 4.72 Å². The molecule has 1 amide bonds. The molecule has 0 aliphatic heterocycles. The van der Waals surface area contributed by atoms with Crippen LogP contribution >= 0.6 is 0 Å². The zero-order chi connectivity index (χ0) is 21.9. The van der Waals surface area contributed by atoms with Crippen molar-refractivity contribution in [1.29, 1.82) is 0 Å². The van der Waals surface area contributed by atoms with Gasteiger partial charge in [0, 0.05) is 18.3 Å². The zero-order valence-electron chi connectivity index (χ0n) is 16.3. The smallest absolute Gasteiger partial charge is 0.261 e. The maximum absolute atomic E-state index is 13.5. The molecule has 0 fully saturated rings. The Bertz CT molecular complexity index is 1150. The first-order valence-corrected chi connectivity index (χ1v) is 10.6. The fourth-order valence-corrected chi connectivity index (χ4v) is 3.95. The highest BCUT2D eigenvalue weighted by atomic mass is 32.2. The Labute approximate surface area is 174 Å². The normalized spacial score (nSPS) is 12.3. The molecule has 1 unspecified atom stereocenters. The van der Waals surface area contributed by atoms with Crippen LogP contribution in [0.3, 0.4) is 0 Å². The van der Waals surface area contributed by atoms with Crippen LogP contribution in [0.2, 0.25) is 0 Å². The number of carbonyl (C=O) groups is 1. The number of nitrogens with one attached hydrogen (secondary N) is 1. The highest BCUT2D eigenvalue weighted by molar-refractivity contribution is 7.92. The lowest BCUT2D eigenvalue weighted by atomic mass is 10.1. The van der Waals surface area contributed by atoms with Crippen molar-refractivity contribution < 1.29 is 22.0 Å². The molecule has 156 valence electrons. The summed E-state index contributed by atoms with van der Waals surface area (Å²) in [7, 11) is -2.18. The number of anilines is 1. The largest absolute Gasteiger partial charge is 0.335 e. The van der Waals surface area contributed by atoms with Gasteiger partial charge in [0.1, 0.15) is 0 Å². The number of hydrogen-bond donors (Lipinski definition) is 1. The lowest BCUT2D eigenvalue weighted by Gasteiger charge is -2.25. The van der Waals surface area contributed by atoms with E-state index >= 15 is 0 Å². The standard InChI is InChI=1S/C22H20F2N2O3S/c1-15(17-10-13-20(23)21(24)14-17)26(2)22(27)16-8-11-18(12-9-16)25-30(28,29)19-6-4-3-5-7-19/h3-15,25H,1-2H3. The Morgan fingerprint density at radius 1 is 0.933 bits per heavy atom. The van der Waals surface area contributed by atoms with Crippen molar-refractivity contribution in [1.82, 2.24) is 4.90 Å². The van der Waals surface area contributed by atoms with Crippen LogP contribution in [-0.2, 0) is 10.0 Å². The lowest BCUT2D eigenvalue weighted by molar-refractivity contribution is 0.0742. The molecular formula is C22H20F2N2O3S. The summed E-state index contributed by atoms with van der Waals surface area (Å²) in [5.41, 5.74) is 1.10. The van der Waals surface area contributed by atoms with Crippen molar-refractivity contribution in [2.24, 2.45) is 0 Å². The second-order valence-corrected chi connectivity index (χ2v) is 8.44. The van der Waals surface area contributed by atoms with E-state index < -0.39 is 27.7 Å². The molecule has 30 heavy (non-hydrogen) atoms. The Morgan fingerprint density at radius 2 is 1.57 bits per heavy atom.